The molecule has 0 saturated carbocycles. The molecule has 0 heterocycles. The zero-order valence-electron chi connectivity index (χ0n) is 20.3. The van der Waals surface area contributed by atoms with Gasteiger partial charge >= 0.3 is 0 Å². The normalized spacial score (nSPS) is 11.7. The Bertz CT molecular complexity index is 1080. The number of rotatable bonds is 13. The number of benzene rings is 2. The molecule has 0 aliphatic rings. The van der Waals surface area contributed by atoms with E-state index in [0.29, 0.717) is 43.7 Å². The summed E-state index contributed by atoms with van der Waals surface area (Å²) >= 11 is 12.6. The van der Waals surface area contributed by atoms with Gasteiger partial charge < -0.3 is 24.3 Å². The average Bonchev–Trinajstić information content (AvgIpc) is 2.79. The number of ether oxygens (including phenoxy) is 4. The van der Waals surface area contributed by atoms with Crippen LogP contribution in [0.4, 0.5) is 11.4 Å². The molecule has 2 rings (SSSR count). The van der Waals surface area contributed by atoms with Gasteiger partial charge in [0.25, 0.3) is 5.91 Å². The van der Waals surface area contributed by atoms with Crippen molar-refractivity contribution in [1.29, 1.82) is 0 Å². The number of carbonyl (C=O) groups excluding carboxylic acids is 2. The fraction of sp³-hybridized carbons (Fsp3) is 0.417. The van der Waals surface area contributed by atoms with Crippen LogP contribution in [0.15, 0.2) is 34.5 Å². The highest BCUT2D eigenvalue weighted by Crippen LogP contribution is 2.40. The van der Waals surface area contributed by atoms with Gasteiger partial charge in [-0.3, -0.25) is 9.59 Å². The first kappa shape index (κ1) is 28.2. The highest BCUT2D eigenvalue weighted by Gasteiger charge is 2.25. The molecule has 1 atom stereocenters. The van der Waals surface area contributed by atoms with Crippen LogP contribution in [0.25, 0.3) is 0 Å². The van der Waals surface area contributed by atoms with E-state index < -0.39 is 17.7 Å². The number of nitrogens with zero attached hydrogens (tertiary/aromatic N) is 2. The van der Waals surface area contributed by atoms with Gasteiger partial charge in [0.15, 0.2) is 23.0 Å². The Hall–Kier alpha value is -3.04. The van der Waals surface area contributed by atoms with Crippen molar-refractivity contribution in [2.75, 3.05) is 31.7 Å². The van der Waals surface area contributed by atoms with Crippen molar-refractivity contribution in [3.05, 3.63) is 34.3 Å². The van der Waals surface area contributed by atoms with Crippen molar-refractivity contribution < 1.29 is 28.5 Å². The van der Waals surface area contributed by atoms with Crippen LogP contribution >= 0.6 is 23.2 Å². The molecule has 11 heteroatoms. The molecule has 0 fully saturated rings. The summed E-state index contributed by atoms with van der Waals surface area (Å²) < 4.78 is 22.2. The summed E-state index contributed by atoms with van der Waals surface area (Å²) in [6.45, 7) is 10.0. The quantitative estimate of drug-likeness (QED) is 0.244. The van der Waals surface area contributed by atoms with Gasteiger partial charge in [0.1, 0.15) is 11.4 Å². The molecule has 1 unspecified atom stereocenters. The van der Waals surface area contributed by atoms with Gasteiger partial charge in [0.05, 0.1) is 42.2 Å². The zero-order chi connectivity index (χ0) is 26.0. The minimum atomic E-state index is -1.45. The fourth-order valence-electron chi connectivity index (χ4n) is 2.97. The van der Waals surface area contributed by atoms with Crippen molar-refractivity contribution in [1.82, 2.24) is 0 Å². The standard InChI is InChI=1S/C24H29Cl2N3O6/c1-6-32-15-10-17(26)23(35-9-4)19(11-15)28-29-22(14(5)30)24(31)27-18-13-21(34-8-3)20(33-7-2)12-16(18)25/h10-13,22H,6-9H2,1-5H3,(H,27,31). The highest BCUT2D eigenvalue weighted by atomic mass is 35.5. The molecule has 0 saturated heterocycles. The van der Waals surface area contributed by atoms with E-state index in [1.165, 1.54) is 19.1 Å². The van der Waals surface area contributed by atoms with Gasteiger partial charge in [0.2, 0.25) is 6.04 Å². The Balaban J connectivity index is 2.37. The summed E-state index contributed by atoms with van der Waals surface area (Å²) in [5.74, 6) is 0.305. The summed E-state index contributed by atoms with van der Waals surface area (Å²) in [5.41, 5.74) is 0.459. The Labute approximate surface area is 214 Å². The minimum absolute atomic E-state index is 0.208. The molecular weight excluding hydrogens is 497 g/mol. The van der Waals surface area contributed by atoms with Crippen LogP contribution in [0.2, 0.25) is 10.0 Å². The SMILES string of the molecule is CCOc1cc(Cl)c(OCC)c(N=NC(C(C)=O)C(=O)Nc2cc(OCC)c(OCC)cc2Cl)c1. The molecule has 0 aliphatic heterocycles. The maximum atomic E-state index is 13.0. The summed E-state index contributed by atoms with van der Waals surface area (Å²) in [4.78, 5) is 25.2. The summed E-state index contributed by atoms with van der Waals surface area (Å²) in [5, 5.41) is 11.2. The van der Waals surface area contributed by atoms with Gasteiger partial charge in [-0.15, -0.1) is 0 Å². The van der Waals surface area contributed by atoms with E-state index in [9.17, 15) is 9.59 Å². The average molecular weight is 526 g/mol. The van der Waals surface area contributed by atoms with Gasteiger partial charge in [-0.25, -0.2) is 0 Å². The molecule has 0 aromatic heterocycles. The molecule has 2 aromatic carbocycles. The smallest absolute Gasteiger partial charge is 0.258 e. The van der Waals surface area contributed by atoms with Crippen molar-refractivity contribution in [3.63, 3.8) is 0 Å². The molecule has 1 N–H and O–H groups in total. The molecule has 0 spiro atoms. The molecule has 0 bridgehead atoms. The van der Waals surface area contributed by atoms with Gasteiger partial charge in [-0.2, -0.15) is 10.2 Å². The first-order valence-electron chi connectivity index (χ1n) is 11.2. The molecule has 1 amide bonds. The lowest BCUT2D eigenvalue weighted by Gasteiger charge is -2.16. The predicted octanol–water partition coefficient (Wildman–Crippen LogP) is 6.27. The van der Waals surface area contributed by atoms with Crippen LogP contribution < -0.4 is 24.3 Å². The Morgan fingerprint density at radius 3 is 2.03 bits per heavy atom. The van der Waals surface area contributed by atoms with E-state index >= 15 is 0 Å². The Morgan fingerprint density at radius 2 is 1.46 bits per heavy atom. The van der Waals surface area contributed by atoms with Crippen LogP contribution in [0.1, 0.15) is 34.6 Å². The number of hydrogen-bond donors (Lipinski definition) is 1. The monoisotopic (exact) mass is 525 g/mol. The number of Topliss-reactive ketones (excluding diaryl/α,β-unsaturated/α-hetero) is 1. The maximum Gasteiger partial charge on any atom is 0.258 e. The third-order valence-corrected chi connectivity index (χ3v) is 5.00. The molecule has 2 aromatic rings. The molecule has 190 valence electrons. The minimum Gasteiger partial charge on any atom is -0.494 e. The van der Waals surface area contributed by atoms with E-state index in [2.05, 4.69) is 15.5 Å². The molecule has 9 nitrogen and oxygen atoms in total. The van der Waals surface area contributed by atoms with Crippen LogP contribution in [0.5, 0.6) is 23.0 Å². The van der Waals surface area contributed by atoms with Crippen molar-refractivity contribution in [2.45, 2.75) is 40.7 Å². The third kappa shape index (κ3) is 7.73. The lowest BCUT2D eigenvalue weighted by Crippen LogP contribution is -2.32. The number of halogens is 2. The van der Waals surface area contributed by atoms with E-state index in [4.69, 9.17) is 42.1 Å². The van der Waals surface area contributed by atoms with Gasteiger partial charge in [0, 0.05) is 24.3 Å². The first-order chi connectivity index (χ1) is 16.7. The molecule has 35 heavy (non-hydrogen) atoms. The second-order valence-corrected chi connectivity index (χ2v) is 7.80. The number of azo groups is 1. The van der Waals surface area contributed by atoms with Crippen molar-refractivity contribution in [2.24, 2.45) is 10.2 Å². The second kappa shape index (κ2) is 13.7. The van der Waals surface area contributed by atoms with Gasteiger partial charge in [-0.1, -0.05) is 23.2 Å². The molecule has 0 radical (unpaired) electrons. The number of carbonyl (C=O) groups is 2. The van der Waals surface area contributed by atoms with Crippen LogP contribution in [-0.2, 0) is 9.59 Å². The van der Waals surface area contributed by atoms with Crippen LogP contribution in [0.3, 0.4) is 0 Å². The third-order valence-electron chi connectivity index (χ3n) is 4.40. The van der Waals surface area contributed by atoms with Crippen LogP contribution in [0, 0.1) is 0 Å². The Morgan fingerprint density at radius 1 is 0.857 bits per heavy atom. The van der Waals surface area contributed by atoms with E-state index in [1.54, 1.807) is 19.1 Å². The van der Waals surface area contributed by atoms with E-state index in [1.807, 2.05) is 20.8 Å². The summed E-state index contributed by atoms with van der Waals surface area (Å²) in [6, 6.07) is 4.77. The highest BCUT2D eigenvalue weighted by molar-refractivity contribution is 6.34. The number of nitrogens with one attached hydrogen (secondary N) is 1. The van der Waals surface area contributed by atoms with E-state index in [0.717, 1.165) is 0 Å². The second-order valence-electron chi connectivity index (χ2n) is 6.98. The van der Waals surface area contributed by atoms with E-state index in [-0.39, 0.29) is 27.2 Å². The number of hydrogen-bond acceptors (Lipinski definition) is 8. The van der Waals surface area contributed by atoms with Crippen molar-refractivity contribution >= 4 is 46.3 Å². The number of anilines is 1. The maximum absolute atomic E-state index is 13.0. The van der Waals surface area contributed by atoms with Crippen molar-refractivity contribution in [3.8, 4) is 23.0 Å². The number of ketones is 1. The zero-order valence-corrected chi connectivity index (χ0v) is 21.8. The van der Waals surface area contributed by atoms with Gasteiger partial charge in [-0.05, 0) is 34.6 Å². The lowest BCUT2D eigenvalue weighted by atomic mass is 10.2. The Kier molecular flexibility index (Phi) is 11.1. The van der Waals surface area contributed by atoms with Crippen LogP contribution in [-0.4, -0.2) is 44.2 Å². The number of amides is 1. The summed E-state index contributed by atoms with van der Waals surface area (Å²) in [6.07, 6.45) is 0. The lowest BCUT2D eigenvalue weighted by molar-refractivity contribution is -0.126. The molecule has 0 aliphatic carbocycles. The topological polar surface area (TPSA) is 108 Å². The summed E-state index contributed by atoms with van der Waals surface area (Å²) in [7, 11) is 0. The fourth-order valence-corrected chi connectivity index (χ4v) is 3.43. The molecular formula is C24H29Cl2N3O6. The first-order valence-corrected chi connectivity index (χ1v) is 11.9. The largest absolute Gasteiger partial charge is 0.494 e. The predicted molar refractivity (Wildman–Crippen MR) is 135 cm³/mol.